The molecule has 0 spiro atoms. The zero-order valence-corrected chi connectivity index (χ0v) is 10.9. The Morgan fingerprint density at radius 1 is 1.33 bits per heavy atom. The zero-order chi connectivity index (χ0) is 13.3. The molecule has 1 N–H and O–H groups in total. The largest absolute Gasteiger partial charge is 0.361 e. The highest BCUT2D eigenvalue weighted by molar-refractivity contribution is 5.83. The van der Waals surface area contributed by atoms with E-state index in [1.807, 2.05) is 51.2 Å². The van der Waals surface area contributed by atoms with E-state index < -0.39 is 0 Å². The fourth-order valence-corrected chi connectivity index (χ4v) is 2.37. The van der Waals surface area contributed by atoms with Gasteiger partial charge in [-0.2, -0.15) is 0 Å². The number of aromatic nitrogens is 1. The molecule has 1 heterocycles. The SMILES string of the molecule is CC(C)(C)C(C[N+](=O)[O-])c1c[nH]c2ccccc12. The molecule has 0 aliphatic heterocycles. The first-order valence-electron chi connectivity index (χ1n) is 6.07. The Balaban J connectivity index is 2.51. The van der Waals surface area contributed by atoms with Gasteiger partial charge in [-0.15, -0.1) is 0 Å². The number of nitrogens with one attached hydrogen (secondary N) is 1. The van der Waals surface area contributed by atoms with Crippen molar-refractivity contribution in [2.45, 2.75) is 26.7 Å². The summed E-state index contributed by atoms with van der Waals surface area (Å²) < 4.78 is 0. The van der Waals surface area contributed by atoms with Crippen molar-refractivity contribution < 1.29 is 4.92 Å². The van der Waals surface area contributed by atoms with Gasteiger partial charge in [-0.1, -0.05) is 39.0 Å². The minimum atomic E-state index is -0.225. The van der Waals surface area contributed by atoms with Crippen LogP contribution in [-0.2, 0) is 0 Å². The van der Waals surface area contributed by atoms with Crippen LogP contribution in [0.3, 0.4) is 0 Å². The van der Waals surface area contributed by atoms with Gasteiger partial charge in [0.1, 0.15) is 0 Å². The third-order valence-corrected chi connectivity index (χ3v) is 3.37. The van der Waals surface area contributed by atoms with Crippen molar-refractivity contribution in [2.75, 3.05) is 6.54 Å². The molecular formula is C14H18N2O2. The number of fused-ring (bicyclic) bond motifs is 1. The number of H-pyrrole nitrogens is 1. The highest BCUT2D eigenvalue weighted by Crippen LogP contribution is 2.38. The highest BCUT2D eigenvalue weighted by Gasteiger charge is 2.32. The summed E-state index contributed by atoms with van der Waals surface area (Å²) in [6.07, 6.45) is 1.91. The van der Waals surface area contributed by atoms with Crippen LogP contribution in [0.15, 0.2) is 30.5 Å². The first-order chi connectivity index (χ1) is 8.39. The quantitative estimate of drug-likeness (QED) is 0.664. The summed E-state index contributed by atoms with van der Waals surface area (Å²) in [5, 5.41) is 12.0. The number of nitro groups is 1. The maximum atomic E-state index is 10.9. The Morgan fingerprint density at radius 2 is 2.00 bits per heavy atom. The molecule has 0 fully saturated rings. The van der Waals surface area contributed by atoms with E-state index in [1.165, 1.54) is 0 Å². The smallest absolute Gasteiger partial charge is 0.211 e. The number of hydrogen-bond donors (Lipinski definition) is 1. The summed E-state index contributed by atoms with van der Waals surface area (Å²) in [5.41, 5.74) is 1.93. The first-order valence-corrected chi connectivity index (χ1v) is 6.07. The molecule has 1 aromatic heterocycles. The van der Waals surface area contributed by atoms with Crippen LogP contribution in [-0.4, -0.2) is 16.5 Å². The maximum absolute atomic E-state index is 10.9. The summed E-state index contributed by atoms with van der Waals surface area (Å²) in [6, 6.07) is 7.93. The van der Waals surface area contributed by atoms with Gasteiger partial charge < -0.3 is 4.98 Å². The van der Waals surface area contributed by atoms with Gasteiger partial charge in [0.15, 0.2) is 0 Å². The summed E-state index contributed by atoms with van der Waals surface area (Å²) in [7, 11) is 0. The van der Waals surface area contributed by atoms with E-state index >= 15 is 0 Å². The lowest BCUT2D eigenvalue weighted by molar-refractivity contribution is -0.486. The molecule has 4 nitrogen and oxygen atoms in total. The van der Waals surface area contributed by atoms with Crippen LogP contribution in [0.25, 0.3) is 10.9 Å². The van der Waals surface area contributed by atoms with Crippen molar-refractivity contribution >= 4 is 10.9 Å². The average Bonchev–Trinajstić information content (AvgIpc) is 2.67. The summed E-state index contributed by atoms with van der Waals surface area (Å²) in [4.78, 5) is 13.8. The zero-order valence-electron chi connectivity index (χ0n) is 10.9. The van der Waals surface area contributed by atoms with Crippen molar-refractivity contribution in [1.82, 2.24) is 4.98 Å². The number of nitrogens with zero attached hydrogens (tertiary/aromatic N) is 1. The Labute approximate surface area is 106 Å². The number of hydrogen-bond acceptors (Lipinski definition) is 2. The van der Waals surface area contributed by atoms with Gasteiger partial charge in [0.05, 0.1) is 5.92 Å². The monoisotopic (exact) mass is 246 g/mol. The highest BCUT2D eigenvalue weighted by atomic mass is 16.6. The molecular weight excluding hydrogens is 228 g/mol. The molecule has 4 heteroatoms. The van der Waals surface area contributed by atoms with Gasteiger partial charge >= 0.3 is 0 Å². The van der Waals surface area contributed by atoms with Gasteiger partial charge in [0.2, 0.25) is 6.54 Å². The second kappa shape index (κ2) is 4.44. The molecule has 0 saturated carbocycles. The van der Waals surface area contributed by atoms with Crippen LogP contribution < -0.4 is 0 Å². The minimum Gasteiger partial charge on any atom is -0.361 e. The summed E-state index contributed by atoms with van der Waals surface area (Å²) >= 11 is 0. The molecule has 0 aliphatic rings. The molecule has 1 aromatic carbocycles. The van der Waals surface area contributed by atoms with Crippen LogP contribution in [0.2, 0.25) is 0 Å². The third-order valence-electron chi connectivity index (χ3n) is 3.37. The second-order valence-corrected chi connectivity index (χ2v) is 5.72. The minimum absolute atomic E-state index is 0.0364. The van der Waals surface area contributed by atoms with E-state index in [2.05, 4.69) is 4.98 Å². The number of para-hydroxylation sites is 1. The normalized spacial score (nSPS) is 13.7. The maximum Gasteiger partial charge on any atom is 0.211 e. The molecule has 96 valence electrons. The van der Waals surface area contributed by atoms with Crippen molar-refractivity contribution in [3.63, 3.8) is 0 Å². The predicted octanol–water partition coefficient (Wildman–Crippen LogP) is 3.57. The molecule has 0 aliphatic carbocycles. The van der Waals surface area contributed by atoms with Gasteiger partial charge in [0, 0.05) is 22.0 Å². The predicted molar refractivity (Wildman–Crippen MR) is 72.4 cm³/mol. The molecule has 1 unspecified atom stereocenters. The Morgan fingerprint density at radius 3 is 2.61 bits per heavy atom. The third kappa shape index (κ3) is 2.37. The van der Waals surface area contributed by atoms with Gasteiger partial charge in [-0.05, 0) is 17.0 Å². The Bertz CT molecular complexity index is 566. The molecule has 0 bridgehead atoms. The molecule has 0 amide bonds. The van der Waals surface area contributed by atoms with E-state index in [-0.39, 0.29) is 22.8 Å². The van der Waals surface area contributed by atoms with Gasteiger partial charge in [-0.25, -0.2) is 0 Å². The van der Waals surface area contributed by atoms with E-state index in [9.17, 15) is 10.1 Å². The van der Waals surface area contributed by atoms with Crippen LogP contribution in [0.1, 0.15) is 32.3 Å². The average molecular weight is 246 g/mol. The number of aromatic amines is 1. The Kier molecular flexibility index (Phi) is 3.11. The molecule has 0 radical (unpaired) electrons. The van der Waals surface area contributed by atoms with Crippen molar-refractivity contribution in [3.05, 3.63) is 46.1 Å². The molecule has 2 rings (SSSR count). The van der Waals surface area contributed by atoms with E-state index in [0.29, 0.717) is 0 Å². The topological polar surface area (TPSA) is 58.9 Å². The van der Waals surface area contributed by atoms with Gasteiger partial charge in [-0.3, -0.25) is 10.1 Å². The number of rotatable bonds is 3. The molecule has 2 aromatic rings. The standard InChI is InChI=1S/C14H18N2O2/c1-14(2,3)12(9-16(17)18)11-8-15-13-7-5-4-6-10(11)13/h4-8,12,15H,9H2,1-3H3. The van der Waals surface area contributed by atoms with Crippen molar-refractivity contribution in [1.29, 1.82) is 0 Å². The Hall–Kier alpha value is -1.84. The van der Waals surface area contributed by atoms with Crippen LogP contribution in [0, 0.1) is 15.5 Å². The number of benzene rings is 1. The van der Waals surface area contributed by atoms with Crippen molar-refractivity contribution in [2.24, 2.45) is 5.41 Å². The fraction of sp³-hybridized carbons (Fsp3) is 0.429. The van der Waals surface area contributed by atoms with Crippen LogP contribution in [0.5, 0.6) is 0 Å². The first kappa shape index (κ1) is 12.6. The van der Waals surface area contributed by atoms with Gasteiger partial charge in [0.25, 0.3) is 0 Å². The molecule has 18 heavy (non-hydrogen) atoms. The molecule has 0 saturated heterocycles. The lowest BCUT2D eigenvalue weighted by Crippen LogP contribution is -2.25. The van der Waals surface area contributed by atoms with E-state index in [1.54, 1.807) is 0 Å². The van der Waals surface area contributed by atoms with Crippen LogP contribution in [0.4, 0.5) is 0 Å². The summed E-state index contributed by atoms with van der Waals surface area (Å²) in [5.74, 6) is -0.0938. The molecule has 1 atom stereocenters. The van der Waals surface area contributed by atoms with Crippen molar-refractivity contribution in [3.8, 4) is 0 Å². The van der Waals surface area contributed by atoms with Crippen LogP contribution >= 0.6 is 0 Å². The lowest BCUT2D eigenvalue weighted by atomic mass is 9.76. The van der Waals surface area contributed by atoms with E-state index in [4.69, 9.17) is 0 Å². The fourth-order valence-electron chi connectivity index (χ4n) is 2.37. The second-order valence-electron chi connectivity index (χ2n) is 5.72. The van der Waals surface area contributed by atoms with E-state index in [0.717, 1.165) is 16.5 Å². The lowest BCUT2D eigenvalue weighted by Gasteiger charge is -2.27. The summed E-state index contributed by atoms with van der Waals surface area (Å²) in [6.45, 7) is 6.10.